The summed E-state index contributed by atoms with van der Waals surface area (Å²) in [5.74, 6) is -1.65. The monoisotopic (exact) mass is 614 g/mol. The quantitative estimate of drug-likeness (QED) is 0.165. The van der Waals surface area contributed by atoms with Crippen LogP contribution >= 0.6 is 0 Å². The van der Waals surface area contributed by atoms with E-state index in [-0.39, 0.29) is 28.8 Å². The van der Waals surface area contributed by atoms with Gasteiger partial charge >= 0.3 is 5.97 Å². The Morgan fingerprint density at radius 3 is 2.24 bits per heavy atom. The molecule has 3 aliphatic rings. The zero-order valence-electron chi connectivity index (χ0n) is 25.4. The first-order valence-electron chi connectivity index (χ1n) is 14.8. The molecule has 4 aromatic rings. The minimum Gasteiger partial charge on any atom is -0.493 e. The van der Waals surface area contributed by atoms with Crippen LogP contribution in [0.5, 0.6) is 17.2 Å². The van der Waals surface area contributed by atoms with Crippen molar-refractivity contribution in [3.63, 3.8) is 0 Å². The Morgan fingerprint density at radius 2 is 1.50 bits per heavy atom. The maximum Gasteiger partial charge on any atom is 0.308 e. The lowest BCUT2D eigenvalue weighted by Crippen LogP contribution is -2.51. The Bertz CT molecular complexity index is 1950. The zero-order valence-corrected chi connectivity index (χ0v) is 25.4. The van der Waals surface area contributed by atoms with E-state index in [9.17, 15) is 14.4 Å². The van der Waals surface area contributed by atoms with Gasteiger partial charge in [-0.1, -0.05) is 48.6 Å². The van der Waals surface area contributed by atoms with Crippen molar-refractivity contribution in [2.24, 2.45) is 5.92 Å². The molecule has 4 atom stereocenters. The van der Waals surface area contributed by atoms with Gasteiger partial charge < -0.3 is 24.4 Å². The first-order valence-corrected chi connectivity index (χ1v) is 14.8. The summed E-state index contributed by atoms with van der Waals surface area (Å²) >= 11 is 0. The standard InChI is InChI=1S/C37H30N2O7/c1-21(40)46-25-16-12-23(13-17-25)35(42)33-32(34(41)24-14-18-29(44-2)30(20-24)45-3)37(26-9-5-6-10-27(26)38-36(37)43)31-19-15-22-8-4-7-11-28(22)39(31)33/h4-20,31-33H,1-3H3,(H,38,43)/t31-,32-,33+,37+/m0/s1. The summed E-state index contributed by atoms with van der Waals surface area (Å²) < 4.78 is 16.1. The highest BCUT2D eigenvalue weighted by atomic mass is 16.5. The van der Waals surface area contributed by atoms with Crippen LogP contribution in [-0.2, 0) is 15.0 Å². The highest BCUT2D eigenvalue weighted by molar-refractivity contribution is 6.18. The fraction of sp³-hybridized carbons (Fsp3) is 0.189. The summed E-state index contributed by atoms with van der Waals surface area (Å²) in [6.07, 6.45) is 3.88. The lowest BCUT2D eigenvalue weighted by atomic mass is 9.64. The third-order valence-electron chi connectivity index (χ3n) is 9.16. The van der Waals surface area contributed by atoms with E-state index in [4.69, 9.17) is 14.2 Å². The van der Waals surface area contributed by atoms with Gasteiger partial charge in [0.25, 0.3) is 0 Å². The molecule has 1 spiro atoms. The van der Waals surface area contributed by atoms with E-state index in [2.05, 4.69) is 5.32 Å². The number of hydrogen-bond donors (Lipinski definition) is 1. The molecule has 0 radical (unpaired) electrons. The van der Waals surface area contributed by atoms with Gasteiger partial charge in [-0.25, -0.2) is 0 Å². The molecule has 1 N–H and O–H groups in total. The molecule has 0 saturated carbocycles. The number of para-hydroxylation sites is 2. The Hall–Kier alpha value is -5.70. The van der Waals surface area contributed by atoms with Crippen LogP contribution in [-0.4, -0.2) is 49.7 Å². The molecule has 0 aromatic heterocycles. The van der Waals surface area contributed by atoms with E-state index >= 15 is 4.79 Å². The fourth-order valence-electron chi connectivity index (χ4n) is 7.31. The van der Waals surface area contributed by atoms with Crippen molar-refractivity contribution in [1.82, 2.24) is 0 Å². The number of hydrogen-bond acceptors (Lipinski definition) is 8. The van der Waals surface area contributed by atoms with Gasteiger partial charge in [0.05, 0.1) is 26.2 Å². The summed E-state index contributed by atoms with van der Waals surface area (Å²) in [4.78, 5) is 57.9. The van der Waals surface area contributed by atoms with Crippen molar-refractivity contribution in [3.8, 4) is 17.2 Å². The highest BCUT2D eigenvalue weighted by Gasteiger charge is 2.70. The van der Waals surface area contributed by atoms with E-state index < -0.39 is 29.4 Å². The average Bonchev–Trinajstić information content (AvgIpc) is 3.55. The SMILES string of the molecule is COc1ccc(C(=O)[C@@H]2[C@H](C(=O)c3ccc(OC(C)=O)cc3)N3c4ccccc4C=C[C@H]3[C@@]23C(=O)Nc2ccccc23)cc1OC. The normalized spacial score (nSPS) is 22.0. The van der Waals surface area contributed by atoms with Crippen molar-refractivity contribution >= 4 is 40.9 Å². The number of rotatable bonds is 7. The molecule has 0 unspecified atom stereocenters. The van der Waals surface area contributed by atoms with Crippen molar-refractivity contribution in [2.45, 2.75) is 24.4 Å². The number of Topliss-reactive ketones (excluding diaryl/α,β-unsaturated/α-hetero) is 2. The molecule has 7 rings (SSSR count). The van der Waals surface area contributed by atoms with Crippen LogP contribution in [0.2, 0.25) is 0 Å². The molecule has 230 valence electrons. The molecule has 9 nitrogen and oxygen atoms in total. The second-order valence-electron chi connectivity index (χ2n) is 11.5. The molecule has 0 aliphatic carbocycles. The largest absolute Gasteiger partial charge is 0.493 e. The number of ketones is 2. The Kier molecular flexibility index (Phi) is 6.96. The molecular weight excluding hydrogens is 584 g/mol. The Morgan fingerprint density at radius 1 is 0.804 bits per heavy atom. The third-order valence-corrected chi connectivity index (χ3v) is 9.16. The van der Waals surface area contributed by atoms with Crippen LogP contribution in [0.15, 0.2) is 97.1 Å². The smallest absolute Gasteiger partial charge is 0.308 e. The van der Waals surface area contributed by atoms with Crippen LogP contribution in [0.3, 0.4) is 0 Å². The van der Waals surface area contributed by atoms with Crippen LogP contribution in [0, 0.1) is 5.92 Å². The van der Waals surface area contributed by atoms with E-state index in [0.29, 0.717) is 28.3 Å². The minimum absolute atomic E-state index is 0.277. The zero-order chi connectivity index (χ0) is 32.2. The number of anilines is 2. The number of benzene rings is 4. The van der Waals surface area contributed by atoms with Crippen molar-refractivity contribution in [2.75, 3.05) is 24.4 Å². The summed E-state index contributed by atoms with van der Waals surface area (Å²) in [6, 6.07) is 24.3. The average molecular weight is 615 g/mol. The van der Waals surface area contributed by atoms with E-state index in [0.717, 1.165) is 11.3 Å². The molecule has 1 fully saturated rings. The van der Waals surface area contributed by atoms with Crippen LogP contribution in [0.4, 0.5) is 11.4 Å². The third kappa shape index (κ3) is 4.23. The number of methoxy groups -OCH3 is 2. The molecule has 3 heterocycles. The van der Waals surface area contributed by atoms with Crippen molar-refractivity contribution < 1.29 is 33.4 Å². The van der Waals surface area contributed by atoms with Crippen LogP contribution < -0.4 is 24.4 Å². The molecule has 1 amide bonds. The maximum atomic E-state index is 15.1. The lowest BCUT2D eigenvalue weighted by molar-refractivity contribution is -0.131. The number of ether oxygens (including phenoxy) is 3. The molecule has 1 saturated heterocycles. The number of amides is 1. The summed E-state index contributed by atoms with van der Waals surface area (Å²) in [6.45, 7) is 1.30. The number of nitrogens with zero attached hydrogens (tertiary/aromatic N) is 1. The Balaban J connectivity index is 1.48. The highest BCUT2D eigenvalue weighted by Crippen LogP contribution is 2.58. The van der Waals surface area contributed by atoms with Gasteiger partial charge in [-0.15, -0.1) is 0 Å². The number of carbonyl (C=O) groups is 4. The van der Waals surface area contributed by atoms with Gasteiger partial charge in [0.15, 0.2) is 23.1 Å². The number of esters is 1. The predicted octanol–water partition coefficient (Wildman–Crippen LogP) is 5.49. The fourth-order valence-corrected chi connectivity index (χ4v) is 7.31. The van der Waals surface area contributed by atoms with Crippen molar-refractivity contribution in [3.05, 3.63) is 119 Å². The maximum absolute atomic E-state index is 15.1. The number of fused-ring (bicyclic) bond motifs is 6. The molecule has 46 heavy (non-hydrogen) atoms. The van der Waals surface area contributed by atoms with Gasteiger partial charge in [0.1, 0.15) is 17.2 Å². The van der Waals surface area contributed by atoms with Gasteiger partial charge in [-0.05, 0) is 65.7 Å². The molecule has 0 bridgehead atoms. The van der Waals surface area contributed by atoms with E-state index in [1.165, 1.54) is 21.1 Å². The number of carbonyl (C=O) groups excluding carboxylic acids is 4. The van der Waals surface area contributed by atoms with Crippen LogP contribution in [0.25, 0.3) is 6.08 Å². The topological polar surface area (TPSA) is 111 Å². The summed E-state index contributed by atoms with van der Waals surface area (Å²) in [5, 5.41) is 3.03. The second kappa shape index (κ2) is 11.0. The summed E-state index contributed by atoms with van der Waals surface area (Å²) in [5.41, 5.74) is 1.98. The number of nitrogens with one attached hydrogen (secondary N) is 1. The first kappa shape index (κ1) is 29.0. The predicted molar refractivity (Wildman–Crippen MR) is 172 cm³/mol. The van der Waals surface area contributed by atoms with Gasteiger partial charge in [-0.2, -0.15) is 0 Å². The van der Waals surface area contributed by atoms with Gasteiger partial charge in [-0.3, -0.25) is 19.2 Å². The molecule has 3 aliphatic heterocycles. The van der Waals surface area contributed by atoms with Crippen molar-refractivity contribution in [1.29, 1.82) is 0 Å². The first-order chi connectivity index (χ1) is 22.3. The Labute approximate surface area is 265 Å². The van der Waals surface area contributed by atoms with E-state index in [1.807, 2.05) is 65.6 Å². The molecule has 4 aromatic carbocycles. The van der Waals surface area contributed by atoms with Gasteiger partial charge in [0, 0.05) is 29.4 Å². The lowest BCUT2D eigenvalue weighted by Gasteiger charge is -2.37. The van der Waals surface area contributed by atoms with E-state index in [1.54, 1.807) is 42.5 Å². The summed E-state index contributed by atoms with van der Waals surface area (Å²) in [7, 11) is 2.99. The second-order valence-corrected chi connectivity index (χ2v) is 11.5. The molecular formula is C37H30N2O7. The minimum atomic E-state index is -1.46. The van der Waals surface area contributed by atoms with Crippen LogP contribution in [0.1, 0.15) is 38.8 Å². The molecule has 9 heteroatoms. The van der Waals surface area contributed by atoms with Gasteiger partial charge in [0.2, 0.25) is 5.91 Å².